The molecule has 0 aliphatic carbocycles. The maximum absolute atomic E-state index is 2.36. The molecule has 0 heteroatoms. The third-order valence-corrected chi connectivity index (χ3v) is 5.08. The Bertz CT molecular complexity index is 194. The molecule has 22 heavy (non-hydrogen) atoms. The quantitative estimate of drug-likeness (QED) is 0.236. The fourth-order valence-corrected chi connectivity index (χ4v) is 3.49. The van der Waals surface area contributed by atoms with Gasteiger partial charge in [0.05, 0.1) is 0 Å². The molecular weight excluding hydrogens is 264 g/mol. The Hall–Kier alpha value is 0. The van der Waals surface area contributed by atoms with Crippen molar-refractivity contribution in [1.82, 2.24) is 0 Å². The molecule has 1 atom stereocenters. The third kappa shape index (κ3) is 16.4. The standard InChI is InChI=1S/C22H46/c1-5-7-9-11-12-14-19-22(18-13-10-8-6-2)20-16-15-17-21(3)4/h21-22H,5-20H2,1-4H3. The SMILES string of the molecule is CCCCCCCCC(CCCCCC)CCCCC(C)C. The van der Waals surface area contributed by atoms with Crippen LogP contribution in [0.5, 0.6) is 0 Å². The van der Waals surface area contributed by atoms with Crippen molar-refractivity contribution >= 4 is 0 Å². The zero-order valence-corrected chi connectivity index (χ0v) is 16.5. The zero-order valence-electron chi connectivity index (χ0n) is 16.5. The summed E-state index contributed by atoms with van der Waals surface area (Å²) < 4.78 is 0. The molecule has 0 aliphatic rings. The minimum Gasteiger partial charge on any atom is -0.0654 e. The Morgan fingerprint density at radius 3 is 1.32 bits per heavy atom. The van der Waals surface area contributed by atoms with Crippen molar-refractivity contribution in [2.45, 2.75) is 130 Å². The molecule has 0 aromatic heterocycles. The largest absolute Gasteiger partial charge is 0.0654 e. The summed E-state index contributed by atoms with van der Waals surface area (Å²) in [5, 5.41) is 0. The van der Waals surface area contributed by atoms with Crippen LogP contribution in [0.2, 0.25) is 0 Å². The molecule has 0 radical (unpaired) electrons. The van der Waals surface area contributed by atoms with Gasteiger partial charge in [0.15, 0.2) is 0 Å². The molecule has 134 valence electrons. The van der Waals surface area contributed by atoms with Gasteiger partial charge in [-0.2, -0.15) is 0 Å². The molecule has 0 fully saturated rings. The minimum absolute atomic E-state index is 0.890. The van der Waals surface area contributed by atoms with E-state index in [1.165, 1.54) is 103 Å². The first kappa shape index (κ1) is 22.0. The van der Waals surface area contributed by atoms with Crippen molar-refractivity contribution < 1.29 is 0 Å². The molecule has 0 heterocycles. The molecule has 0 nitrogen and oxygen atoms in total. The second-order valence-corrected chi connectivity index (χ2v) is 7.95. The van der Waals surface area contributed by atoms with Crippen LogP contribution in [0.4, 0.5) is 0 Å². The maximum Gasteiger partial charge on any atom is -0.0414 e. The zero-order chi connectivity index (χ0) is 16.5. The van der Waals surface area contributed by atoms with Gasteiger partial charge >= 0.3 is 0 Å². The van der Waals surface area contributed by atoms with Gasteiger partial charge in [-0.25, -0.2) is 0 Å². The molecule has 0 N–H and O–H groups in total. The van der Waals surface area contributed by atoms with Crippen LogP contribution in [0.15, 0.2) is 0 Å². The Morgan fingerprint density at radius 2 is 0.818 bits per heavy atom. The Balaban J connectivity index is 3.74. The number of unbranched alkanes of at least 4 members (excludes halogenated alkanes) is 9. The molecule has 0 bridgehead atoms. The van der Waals surface area contributed by atoms with E-state index in [2.05, 4.69) is 27.7 Å². The van der Waals surface area contributed by atoms with E-state index in [0.29, 0.717) is 0 Å². The van der Waals surface area contributed by atoms with E-state index >= 15 is 0 Å². The van der Waals surface area contributed by atoms with E-state index in [9.17, 15) is 0 Å². The van der Waals surface area contributed by atoms with Crippen molar-refractivity contribution in [3.05, 3.63) is 0 Å². The van der Waals surface area contributed by atoms with E-state index in [-0.39, 0.29) is 0 Å². The Kier molecular flexibility index (Phi) is 17.4. The number of rotatable bonds is 17. The highest BCUT2D eigenvalue weighted by molar-refractivity contribution is 4.62. The summed E-state index contributed by atoms with van der Waals surface area (Å²) >= 11 is 0. The molecule has 1 unspecified atom stereocenters. The molecule has 0 saturated carbocycles. The molecule has 0 aromatic rings. The second kappa shape index (κ2) is 17.4. The number of hydrogen-bond donors (Lipinski definition) is 0. The minimum atomic E-state index is 0.890. The summed E-state index contributed by atoms with van der Waals surface area (Å²) in [5.74, 6) is 1.93. The Morgan fingerprint density at radius 1 is 0.455 bits per heavy atom. The molecule has 0 saturated heterocycles. The smallest absolute Gasteiger partial charge is 0.0414 e. The second-order valence-electron chi connectivity index (χ2n) is 7.95. The van der Waals surface area contributed by atoms with Gasteiger partial charge in [0, 0.05) is 0 Å². The van der Waals surface area contributed by atoms with Gasteiger partial charge < -0.3 is 0 Å². The first-order valence-electron chi connectivity index (χ1n) is 10.7. The maximum atomic E-state index is 2.36. The van der Waals surface area contributed by atoms with E-state index in [0.717, 1.165) is 11.8 Å². The summed E-state index contributed by atoms with van der Waals surface area (Å²) in [4.78, 5) is 0. The highest BCUT2D eigenvalue weighted by atomic mass is 14.1. The van der Waals surface area contributed by atoms with Crippen LogP contribution in [0.3, 0.4) is 0 Å². The van der Waals surface area contributed by atoms with Crippen LogP contribution in [0, 0.1) is 11.8 Å². The van der Waals surface area contributed by atoms with Crippen LogP contribution < -0.4 is 0 Å². The highest BCUT2D eigenvalue weighted by Crippen LogP contribution is 2.24. The molecule has 0 aromatic carbocycles. The molecular formula is C22H46. The van der Waals surface area contributed by atoms with E-state index < -0.39 is 0 Å². The summed E-state index contributed by atoms with van der Waals surface area (Å²) in [6, 6.07) is 0. The topological polar surface area (TPSA) is 0 Å². The normalized spacial score (nSPS) is 13.0. The van der Waals surface area contributed by atoms with Crippen LogP contribution in [0.1, 0.15) is 130 Å². The van der Waals surface area contributed by atoms with Gasteiger partial charge in [-0.1, -0.05) is 130 Å². The van der Waals surface area contributed by atoms with Crippen LogP contribution >= 0.6 is 0 Å². The molecule has 0 aliphatic heterocycles. The lowest BCUT2D eigenvalue weighted by Gasteiger charge is -2.17. The monoisotopic (exact) mass is 310 g/mol. The van der Waals surface area contributed by atoms with Gasteiger partial charge in [-0.05, 0) is 11.8 Å². The summed E-state index contributed by atoms with van der Waals surface area (Å²) in [6.45, 7) is 9.35. The van der Waals surface area contributed by atoms with Crippen LogP contribution in [-0.4, -0.2) is 0 Å². The predicted octanol–water partition coefficient (Wildman–Crippen LogP) is 8.54. The van der Waals surface area contributed by atoms with Gasteiger partial charge in [-0.15, -0.1) is 0 Å². The van der Waals surface area contributed by atoms with Gasteiger partial charge in [0.25, 0.3) is 0 Å². The highest BCUT2D eigenvalue weighted by Gasteiger charge is 2.08. The van der Waals surface area contributed by atoms with E-state index in [1.807, 2.05) is 0 Å². The summed E-state index contributed by atoms with van der Waals surface area (Å²) in [7, 11) is 0. The van der Waals surface area contributed by atoms with E-state index in [4.69, 9.17) is 0 Å². The predicted molar refractivity (Wildman–Crippen MR) is 104 cm³/mol. The van der Waals surface area contributed by atoms with Crippen molar-refractivity contribution in [3.63, 3.8) is 0 Å². The average molecular weight is 311 g/mol. The third-order valence-electron chi connectivity index (χ3n) is 5.08. The fraction of sp³-hybridized carbons (Fsp3) is 1.00. The van der Waals surface area contributed by atoms with Gasteiger partial charge in [0.2, 0.25) is 0 Å². The van der Waals surface area contributed by atoms with Gasteiger partial charge in [-0.3, -0.25) is 0 Å². The summed E-state index contributed by atoms with van der Waals surface area (Å²) in [6.07, 6.45) is 23.4. The first-order chi connectivity index (χ1) is 10.7. The first-order valence-corrected chi connectivity index (χ1v) is 10.7. The van der Waals surface area contributed by atoms with Crippen molar-refractivity contribution in [2.24, 2.45) is 11.8 Å². The van der Waals surface area contributed by atoms with Crippen molar-refractivity contribution in [1.29, 1.82) is 0 Å². The Labute approximate surface area is 142 Å². The lowest BCUT2D eigenvalue weighted by molar-refractivity contribution is 0.363. The molecule has 0 rings (SSSR count). The van der Waals surface area contributed by atoms with E-state index in [1.54, 1.807) is 0 Å². The molecule has 0 amide bonds. The van der Waals surface area contributed by atoms with Crippen LogP contribution in [-0.2, 0) is 0 Å². The lowest BCUT2D eigenvalue weighted by atomic mass is 9.89. The number of hydrogen-bond acceptors (Lipinski definition) is 0. The van der Waals surface area contributed by atoms with Crippen molar-refractivity contribution in [3.8, 4) is 0 Å². The average Bonchev–Trinajstić information content (AvgIpc) is 2.50. The molecule has 0 spiro atoms. The van der Waals surface area contributed by atoms with Crippen molar-refractivity contribution in [2.75, 3.05) is 0 Å². The fourth-order valence-electron chi connectivity index (χ4n) is 3.49. The van der Waals surface area contributed by atoms with Crippen LogP contribution in [0.25, 0.3) is 0 Å². The summed E-state index contributed by atoms with van der Waals surface area (Å²) in [5.41, 5.74) is 0. The lowest BCUT2D eigenvalue weighted by Crippen LogP contribution is -2.02. The van der Waals surface area contributed by atoms with Gasteiger partial charge in [0.1, 0.15) is 0 Å².